The van der Waals surface area contributed by atoms with Gasteiger partial charge in [-0.2, -0.15) is 16.4 Å². The van der Waals surface area contributed by atoms with Crippen LogP contribution in [0.2, 0.25) is 0 Å². The number of rotatable bonds is 5. The fourth-order valence-corrected chi connectivity index (χ4v) is 2.89. The number of anilines is 1. The Morgan fingerprint density at radius 3 is 3.00 bits per heavy atom. The van der Waals surface area contributed by atoms with Gasteiger partial charge in [-0.15, -0.1) is 0 Å². The summed E-state index contributed by atoms with van der Waals surface area (Å²) in [6.45, 7) is 1.76. The number of aromatic nitrogens is 3. The smallest absolute Gasteiger partial charge is 0.319 e. The molecule has 3 rings (SSSR count). The van der Waals surface area contributed by atoms with E-state index in [1.807, 2.05) is 35.0 Å². The molecule has 3 N–H and O–H groups in total. The number of urea groups is 1. The number of hydrogen-bond acceptors (Lipinski definition) is 5. The molecule has 0 saturated heterocycles. The van der Waals surface area contributed by atoms with Crippen molar-refractivity contribution in [3.8, 4) is 5.82 Å². The number of carbonyl (C=O) groups excluding carboxylic acids is 1. The van der Waals surface area contributed by atoms with Crippen molar-refractivity contribution in [1.29, 1.82) is 0 Å². The highest BCUT2D eigenvalue weighted by Crippen LogP contribution is 2.22. The van der Waals surface area contributed by atoms with Gasteiger partial charge in [0, 0.05) is 6.20 Å². The van der Waals surface area contributed by atoms with Crippen LogP contribution in [0.5, 0.6) is 0 Å². The van der Waals surface area contributed by atoms with Crippen LogP contribution in [0.3, 0.4) is 0 Å². The van der Waals surface area contributed by atoms with Crippen LogP contribution in [0.25, 0.3) is 5.82 Å². The Morgan fingerprint density at radius 2 is 2.29 bits per heavy atom. The molecule has 1 atom stereocenters. The van der Waals surface area contributed by atoms with Gasteiger partial charge in [0.1, 0.15) is 5.60 Å². The maximum Gasteiger partial charge on any atom is 0.319 e. The highest BCUT2D eigenvalue weighted by molar-refractivity contribution is 7.08. The molecule has 2 amide bonds. The Labute approximate surface area is 143 Å². The molecule has 0 radical (unpaired) electrons. The summed E-state index contributed by atoms with van der Waals surface area (Å²) >= 11 is 1.50. The summed E-state index contributed by atoms with van der Waals surface area (Å²) in [6, 6.07) is 6.91. The lowest BCUT2D eigenvalue weighted by Gasteiger charge is -2.22. The summed E-state index contributed by atoms with van der Waals surface area (Å²) in [7, 11) is 0. The third kappa shape index (κ3) is 3.79. The second kappa shape index (κ2) is 6.81. The number of carbonyl (C=O) groups is 1. The molecule has 0 spiro atoms. The number of aliphatic hydroxyl groups is 1. The average molecular weight is 343 g/mol. The Kier molecular flexibility index (Phi) is 4.59. The van der Waals surface area contributed by atoms with Gasteiger partial charge in [-0.1, -0.05) is 6.07 Å². The molecule has 0 aliphatic carbocycles. The topological polar surface area (TPSA) is 92.1 Å². The second-order valence-electron chi connectivity index (χ2n) is 5.46. The van der Waals surface area contributed by atoms with Gasteiger partial charge in [-0.05, 0) is 41.4 Å². The van der Waals surface area contributed by atoms with E-state index in [1.54, 1.807) is 24.0 Å². The highest BCUT2D eigenvalue weighted by Gasteiger charge is 2.24. The van der Waals surface area contributed by atoms with Crippen LogP contribution >= 0.6 is 11.3 Å². The Hall–Kier alpha value is -2.71. The number of thiophene rings is 1. The summed E-state index contributed by atoms with van der Waals surface area (Å²) in [5.74, 6) is 0.659. The van der Waals surface area contributed by atoms with E-state index in [4.69, 9.17) is 0 Å². The summed E-state index contributed by atoms with van der Waals surface area (Å²) in [5.41, 5.74) is 0.194. The minimum atomic E-state index is -1.12. The van der Waals surface area contributed by atoms with Gasteiger partial charge in [-0.25, -0.2) is 14.5 Å². The minimum absolute atomic E-state index is 0.101. The molecule has 0 fully saturated rings. The van der Waals surface area contributed by atoms with Gasteiger partial charge < -0.3 is 15.7 Å². The van der Waals surface area contributed by atoms with Crippen molar-refractivity contribution in [1.82, 2.24) is 20.1 Å². The van der Waals surface area contributed by atoms with Gasteiger partial charge in [0.25, 0.3) is 0 Å². The molecular formula is C16H17N5O2S. The zero-order valence-electron chi connectivity index (χ0n) is 13.0. The fraction of sp³-hybridized carbons (Fsp3) is 0.188. The first-order valence-electron chi connectivity index (χ1n) is 7.30. The first-order valence-corrected chi connectivity index (χ1v) is 8.25. The molecule has 124 valence electrons. The van der Waals surface area contributed by atoms with E-state index in [1.165, 1.54) is 17.5 Å². The van der Waals surface area contributed by atoms with E-state index < -0.39 is 11.6 Å². The third-order valence-corrected chi connectivity index (χ3v) is 4.14. The largest absolute Gasteiger partial charge is 0.384 e. The van der Waals surface area contributed by atoms with E-state index in [2.05, 4.69) is 20.7 Å². The first-order chi connectivity index (χ1) is 11.5. The van der Waals surface area contributed by atoms with Gasteiger partial charge in [-0.3, -0.25) is 0 Å². The number of hydrogen-bond donors (Lipinski definition) is 3. The lowest BCUT2D eigenvalue weighted by Crippen LogP contribution is -2.40. The molecule has 24 heavy (non-hydrogen) atoms. The van der Waals surface area contributed by atoms with Crippen molar-refractivity contribution in [3.63, 3.8) is 0 Å². The quantitative estimate of drug-likeness (QED) is 0.663. The number of amides is 2. The second-order valence-corrected chi connectivity index (χ2v) is 6.24. The average Bonchev–Trinajstić information content (AvgIpc) is 3.26. The lowest BCUT2D eigenvalue weighted by atomic mass is 9.99. The summed E-state index contributed by atoms with van der Waals surface area (Å²) in [6.07, 6.45) is 4.87. The fourth-order valence-electron chi connectivity index (χ4n) is 2.10. The monoisotopic (exact) mass is 343 g/mol. The van der Waals surface area contributed by atoms with Crippen molar-refractivity contribution in [2.75, 3.05) is 11.9 Å². The molecule has 0 aliphatic rings. The van der Waals surface area contributed by atoms with Crippen LogP contribution in [0.1, 0.15) is 12.5 Å². The van der Waals surface area contributed by atoms with E-state index >= 15 is 0 Å². The van der Waals surface area contributed by atoms with Crippen molar-refractivity contribution < 1.29 is 9.90 Å². The molecule has 3 aromatic heterocycles. The molecule has 0 aromatic carbocycles. The molecule has 0 aliphatic heterocycles. The van der Waals surface area contributed by atoms with E-state index in [-0.39, 0.29) is 6.54 Å². The van der Waals surface area contributed by atoms with Crippen molar-refractivity contribution in [3.05, 3.63) is 59.2 Å². The maximum absolute atomic E-state index is 12.0. The number of nitrogens with zero attached hydrogens (tertiary/aromatic N) is 3. The molecule has 0 unspecified atom stereocenters. The molecule has 7 nitrogen and oxygen atoms in total. The maximum atomic E-state index is 12.0. The van der Waals surface area contributed by atoms with Crippen LogP contribution in [0.4, 0.5) is 10.5 Å². The van der Waals surface area contributed by atoms with Crippen LogP contribution < -0.4 is 10.6 Å². The zero-order chi connectivity index (χ0) is 17.0. The SMILES string of the molecule is C[C@@](O)(CNC(=O)Nc1cnn(-c2ccccn2)c1)c1ccsc1. The van der Waals surface area contributed by atoms with Gasteiger partial charge in [0.15, 0.2) is 5.82 Å². The lowest BCUT2D eigenvalue weighted by molar-refractivity contribution is 0.0604. The van der Waals surface area contributed by atoms with Crippen LogP contribution in [0, 0.1) is 0 Å². The molecule has 8 heteroatoms. The van der Waals surface area contributed by atoms with Gasteiger partial charge in [0.05, 0.1) is 24.6 Å². The Balaban J connectivity index is 1.57. The van der Waals surface area contributed by atoms with Gasteiger partial charge >= 0.3 is 6.03 Å². The predicted molar refractivity (Wildman–Crippen MR) is 92.3 cm³/mol. The number of nitrogens with one attached hydrogen (secondary N) is 2. The standard InChI is InChI=1S/C16H17N5O2S/c1-16(23,12-5-7-24-10-12)11-18-15(22)20-13-8-19-21(9-13)14-4-2-3-6-17-14/h2-10,23H,11H2,1H3,(H2,18,20,22)/t16-/m1/s1. The summed E-state index contributed by atoms with van der Waals surface area (Å²) < 4.78 is 1.57. The number of pyridine rings is 1. The van der Waals surface area contributed by atoms with E-state index in [0.29, 0.717) is 11.5 Å². The van der Waals surface area contributed by atoms with Crippen molar-refractivity contribution >= 4 is 23.1 Å². The molecular weight excluding hydrogens is 326 g/mol. The summed E-state index contributed by atoms with van der Waals surface area (Å²) in [5, 5.41) is 23.6. The molecule has 0 saturated carbocycles. The van der Waals surface area contributed by atoms with Crippen LogP contribution in [0.15, 0.2) is 53.6 Å². The Bertz CT molecular complexity index is 799. The summed E-state index contributed by atoms with van der Waals surface area (Å²) in [4.78, 5) is 16.2. The third-order valence-electron chi connectivity index (χ3n) is 3.46. The van der Waals surface area contributed by atoms with Crippen LogP contribution in [-0.4, -0.2) is 32.4 Å². The van der Waals surface area contributed by atoms with Crippen LogP contribution in [-0.2, 0) is 5.60 Å². The minimum Gasteiger partial charge on any atom is -0.384 e. The highest BCUT2D eigenvalue weighted by atomic mass is 32.1. The van der Waals surface area contributed by atoms with Crippen molar-refractivity contribution in [2.24, 2.45) is 0 Å². The molecule has 3 aromatic rings. The van der Waals surface area contributed by atoms with E-state index in [9.17, 15) is 9.90 Å². The Morgan fingerprint density at radius 1 is 1.42 bits per heavy atom. The molecule has 0 bridgehead atoms. The predicted octanol–water partition coefficient (Wildman–Crippen LogP) is 2.36. The van der Waals surface area contributed by atoms with Gasteiger partial charge in [0.2, 0.25) is 0 Å². The molecule has 3 heterocycles. The normalized spacial score (nSPS) is 13.2. The first kappa shape index (κ1) is 16.2. The van der Waals surface area contributed by atoms with E-state index in [0.717, 1.165) is 5.56 Å². The van der Waals surface area contributed by atoms with Crippen molar-refractivity contribution in [2.45, 2.75) is 12.5 Å². The zero-order valence-corrected chi connectivity index (χ0v) is 13.8.